The molecule has 3 rings (SSSR count). The maximum Gasteiger partial charge on any atom is 0.246 e. The smallest absolute Gasteiger partial charge is 0.246 e. The largest absolute Gasteiger partial charge is 0.342 e. The van der Waals surface area contributed by atoms with Crippen LogP contribution in [0.4, 0.5) is 0 Å². The Morgan fingerprint density at radius 1 is 1.19 bits per heavy atom. The Kier molecular flexibility index (Phi) is 3.74. The number of rotatable bonds is 3. The highest BCUT2D eigenvalue weighted by Crippen LogP contribution is 2.52. The minimum Gasteiger partial charge on any atom is -0.342 e. The summed E-state index contributed by atoms with van der Waals surface area (Å²) in [6, 6.07) is -0.579. The van der Waals surface area contributed by atoms with Gasteiger partial charge >= 0.3 is 0 Å². The van der Waals surface area contributed by atoms with E-state index in [1.165, 1.54) is 25.7 Å². The third-order valence-electron chi connectivity index (χ3n) is 5.95. The lowest BCUT2D eigenvalue weighted by Gasteiger charge is -2.41. The van der Waals surface area contributed by atoms with E-state index in [0.717, 1.165) is 19.4 Å². The maximum atomic E-state index is 12.9. The Morgan fingerprint density at radius 3 is 2.38 bits per heavy atom. The van der Waals surface area contributed by atoms with E-state index in [9.17, 15) is 9.59 Å². The Morgan fingerprint density at radius 2 is 1.81 bits per heavy atom. The quantitative estimate of drug-likeness (QED) is 0.868. The van der Waals surface area contributed by atoms with Crippen LogP contribution in [0, 0.1) is 17.3 Å². The highest BCUT2D eigenvalue weighted by molar-refractivity contribution is 5.97. The first-order valence-corrected chi connectivity index (χ1v) is 8.51. The van der Waals surface area contributed by atoms with Crippen molar-refractivity contribution >= 4 is 11.8 Å². The molecule has 3 aliphatic rings. The van der Waals surface area contributed by atoms with E-state index in [0.29, 0.717) is 17.3 Å². The molecule has 2 saturated carbocycles. The van der Waals surface area contributed by atoms with Gasteiger partial charge in [-0.25, -0.2) is 0 Å². The highest BCUT2D eigenvalue weighted by Gasteiger charge is 2.50. The summed E-state index contributed by atoms with van der Waals surface area (Å²) in [7, 11) is 0. The molecule has 2 amide bonds. The molecule has 1 heterocycles. The van der Waals surface area contributed by atoms with E-state index in [1.54, 1.807) is 0 Å². The third-order valence-corrected chi connectivity index (χ3v) is 5.95. The fourth-order valence-corrected chi connectivity index (χ4v) is 4.01. The number of carbonyl (C=O) groups excluding carboxylic acids is 2. The molecule has 0 aromatic carbocycles. The molecule has 4 nitrogen and oxygen atoms in total. The maximum absolute atomic E-state index is 12.9. The zero-order valence-electron chi connectivity index (χ0n) is 13.5. The second-order valence-electron chi connectivity index (χ2n) is 7.94. The normalized spacial score (nSPS) is 36.5. The predicted molar refractivity (Wildman–Crippen MR) is 81.6 cm³/mol. The van der Waals surface area contributed by atoms with Gasteiger partial charge in [0.25, 0.3) is 0 Å². The van der Waals surface area contributed by atoms with Gasteiger partial charge in [0.05, 0.1) is 0 Å². The summed E-state index contributed by atoms with van der Waals surface area (Å²) < 4.78 is 0. The first kappa shape index (κ1) is 14.9. The van der Waals surface area contributed by atoms with Crippen LogP contribution in [-0.4, -0.2) is 35.3 Å². The Balaban J connectivity index is 1.71. The van der Waals surface area contributed by atoms with Crippen LogP contribution >= 0.6 is 0 Å². The molecule has 0 radical (unpaired) electrons. The van der Waals surface area contributed by atoms with Gasteiger partial charge in [-0.15, -0.1) is 0 Å². The topological polar surface area (TPSA) is 49.4 Å². The van der Waals surface area contributed by atoms with Crippen molar-refractivity contribution in [3.63, 3.8) is 0 Å². The van der Waals surface area contributed by atoms with E-state index in [1.807, 2.05) is 11.8 Å². The van der Waals surface area contributed by atoms with Crippen LogP contribution in [0.15, 0.2) is 0 Å². The molecule has 0 spiro atoms. The number of hydrogen-bond acceptors (Lipinski definition) is 2. The van der Waals surface area contributed by atoms with Crippen LogP contribution in [0.5, 0.6) is 0 Å². The number of nitrogens with zero attached hydrogens (tertiary/aromatic N) is 1. The molecule has 1 aliphatic heterocycles. The van der Waals surface area contributed by atoms with Crippen molar-refractivity contribution in [1.29, 1.82) is 0 Å². The second-order valence-corrected chi connectivity index (χ2v) is 7.94. The summed E-state index contributed by atoms with van der Waals surface area (Å²) in [5.41, 5.74) is 0.342. The monoisotopic (exact) mass is 292 g/mol. The van der Waals surface area contributed by atoms with Gasteiger partial charge in [-0.3, -0.25) is 9.59 Å². The van der Waals surface area contributed by atoms with Crippen molar-refractivity contribution in [2.24, 2.45) is 17.3 Å². The van der Waals surface area contributed by atoms with Crippen molar-refractivity contribution in [2.45, 2.75) is 71.4 Å². The molecule has 0 aromatic heterocycles. The van der Waals surface area contributed by atoms with E-state index >= 15 is 0 Å². The van der Waals surface area contributed by atoms with Crippen molar-refractivity contribution in [1.82, 2.24) is 10.2 Å². The number of carbonyl (C=O) groups is 2. The minimum absolute atomic E-state index is 0.0311. The molecule has 1 N–H and O–H groups in total. The molecule has 21 heavy (non-hydrogen) atoms. The Bertz CT molecular complexity index is 440. The lowest BCUT2D eigenvalue weighted by atomic mass is 9.82. The van der Waals surface area contributed by atoms with Crippen LogP contribution < -0.4 is 5.32 Å². The summed E-state index contributed by atoms with van der Waals surface area (Å²) in [6.07, 6.45) is 6.97. The van der Waals surface area contributed by atoms with Gasteiger partial charge < -0.3 is 10.2 Å². The van der Waals surface area contributed by atoms with Gasteiger partial charge in [0, 0.05) is 6.54 Å². The standard InChI is InChI=1S/C17H28N2O2/c1-11-15(20)18-14(12-7-5-4-6-8-12)16(21)19(11)10-13-9-17(13,2)3/h11-14H,4-10H2,1-3H3,(H,18,20). The van der Waals surface area contributed by atoms with Gasteiger partial charge in [0.15, 0.2) is 0 Å². The number of piperazine rings is 1. The van der Waals surface area contributed by atoms with Gasteiger partial charge in [-0.1, -0.05) is 33.1 Å². The summed E-state index contributed by atoms with van der Waals surface area (Å²) in [5, 5.41) is 3.00. The molecule has 0 bridgehead atoms. The number of amides is 2. The molecule has 3 unspecified atom stereocenters. The lowest BCUT2D eigenvalue weighted by Crippen LogP contribution is -2.64. The van der Waals surface area contributed by atoms with E-state index in [-0.39, 0.29) is 23.9 Å². The van der Waals surface area contributed by atoms with Crippen molar-refractivity contribution < 1.29 is 9.59 Å². The number of hydrogen-bond donors (Lipinski definition) is 1. The minimum atomic E-state index is -0.311. The zero-order valence-corrected chi connectivity index (χ0v) is 13.5. The fourth-order valence-electron chi connectivity index (χ4n) is 4.01. The third kappa shape index (κ3) is 2.82. The number of nitrogens with one attached hydrogen (secondary N) is 1. The molecule has 118 valence electrons. The summed E-state index contributed by atoms with van der Waals surface area (Å²) >= 11 is 0. The molecule has 3 fully saturated rings. The first-order chi connectivity index (χ1) is 9.90. The second kappa shape index (κ2) is 5.29. The Hall–Kier alpha value is -1.06. The van der Waals surface area contributed by atoms with Crippen LogP contribution in [0.25, 0.3) is 0 Å². The fraction of sp³-hybridized carbons (Fsp3) is 0.882. The zero-order chi connectivity index (χ0) is 15.2. The molecule has 4 heteroatoms. The molecule has 1 saturated heterocycles. The van der Waals surface area contributed by atoms with Crippen LogP contribution in [0.2, 0.25) is 0 Å². The van der Waals surface area contributed by atoms with Gasteiger partial charge in [0.2, 0.25) is 11.8 Å². The molecular weight excluding hydrogens is 264 g/mol. The van der Waals surface area contributed by atoms with Crippen molar-refractivity contribution in [3.05, 3.63) is 0 Å². The summed E-state index contributed by atoms with van der Waals surface area (Å²) in [6.45, 7) is 7.11. The Labute approximate surface area is 127 Å². The van der Waals surface area contributed by atoms with Crippen LogP contribution in [0.3, 0.4) is 0 Å². The molecule has 3 atom stereocenters. The molecular formula is C17H28N2O2. The van der Waals surface area contributed by atoms with Crippen molar-refractivity contribution in [2.75, 3.05) is 6.54 Å². The predicted octanol–water partition coefficient (Wildman–Crippen LogP) is 2.33. The molecule has 0 aromatic rings. The summed E-state index contributed by atoms with van der Waals surface area (Å²) in [5.74, 6) is 1.10. The van der Waals surface area contributed by atoms with E-state index in [4.69, 9.17) is 0 Å². The van der Waals surface area contributed by atoms with Gasteiger partial charge in [-0.2, -0.15) is 0 Å². The van der Waals surface area contributed by atoms with Gasteiger partial charge in [-0.05, 0) is 43.4 Å². The van der Waals surface area contributed by atoms with E-state index < -0.39 is 0 Å². The average molecular weight is 292 g/mol. The first-order valence-electron chi connectivity index (χ1n) is 8.51. The average Bonchev–Trinajstić information content (AvgIpc) is 3.07. The van der Waals surface area contributed by atoms with Gasteiger partial charge in [0.1, 0.15) is 12.1 Å². The lowest BCUT2D eigenvalue weighted by molar-refractivity contribution is -0.151. The highest BCUT2D eigenvalue weighted by atomic mass is 16.2. The van der Waals surface area contributed by atoms with Crippen LogP contribution in [0.1, 0.15) is 59.3 Å². The molecule has 2 aliphatic carbocycles. The van der Waals surface area contributed by atoms with E-state index in [2.05, 4.69) is 19.2 Å². The SMILES string of the molecule is CC1C(=O)NC(C2CCCCC2)C(=O)N1CC1CC1(C)C. The van der Waals surface area contributed by atoms with Crippen LogP contribution in [-0.2, 0) is 9.59 Å². The van der Waals surface area contributed by atoms with Crippen molar-refractivity contribution in [3.8, 4) is 0 Å². The summed E-state index contributed by atoms with van der Waals surface area (Å²) in [4.78, 5) is 27.0.